The number of carbonyl (C=O) groups is 2. The summed E-state index contributed by atoms with van der Waals surface area (Å²) in [5, 5.41) is 2.87. The molecule has 0 atom stereocenters. The first kappa shape index (κ1) is 18.8. The smallest absolute Gasteiger partial charge is 0.259 e. The first-order valence-corrected chi connectivity index (χ1v) is 8.91. The van der Waals surface area contributed by atoms with Gasteiger partial charge in [0.15, 0.2) is 0 Å². The van der Waals surface area contributed by atoms with Gasteiger partial charge in [-0.2, -0.15) is 0 Å². The van der Waals surface area contributed by atoms with Gasteiger partial charge in [0.1, 0.15) is 18.1 Å². The average Bonchev–Trinajstić information content (AvgIpc) is 2.73. The Morgan fingerprint density at radius 2 is 2.00 bits per heavy atom. The molecule has 0 saturated carbocycles. The van der Waals surface area contributed by atoms with Crippen molar-refractivity contribution in [1.29, 1.82) is 0 Å². The average molecular weight is 368 g/mol. The minimum absolute atomic E-state index is 0.0357. The van der Waals surface area contributed by atoms with E-state index in [1.165, 1.54) is 0 Å². The third-order valence-corrected chi connectivity index (χ3v) is 4.48. The van der Waals surface area contributed by atoms with Crippen LogP contribution in [0.3, 0.4) is 0 Å². The highest BCUT2D eigenvalue weighted by atomic mass is 16.5. The van der Waals surface area contributed by atoms with E-state index >= 15 is 0 Å². The monoisotopic (exact) mass is 368 g/mol. The van der Waals surface area contributed by atoms with Crippen molar-refractivity contribution >= 4 is 23.2 Å². The van der Waals surface area contributed by atoms with Crippen LogP contribution in [0.4, 0.5) is 11.4 Å². The summed E-state index contributed by atoms with van der Waals surface area (Å²) in [6.07, 6.45) is 0. The molecule has 1 aliphatic heterocycles. The zero-order valence-electron chi connectivity index (χ0n) is 16.0. The lowest BCUT2D eigenvalue weighted by atomic mass is 9.93. The van der Waals surface area contributed by atoms with Crippen molar-refractivity contribution in [3.8, 4) is 11.5 Å². The molecule has 2 aromatic rings. The Kier molecular flexibility index (Phi) is 5.08. The Bertz CT molecular complexity index is 876. The van der Waals surface area contributed by atoms with Gasteiger partial charge >= 0.3 is 0 Å². The largest absolute Gasteiger partial charge is 0.493 e. The van der Waals surface area contributed by atoms with Crippen LogP contribution >= 0.6 is 0 Å². The second-order valence-electron chi connectivity index (χ2n) is 7.10. The van der Waals surface area contributed by atoms with E-state index in [9.17, 15) is 9.59 Å². The van der Waals surface area contributed by atoms with Crippen LogP contribution in [-0.4, -0.2) is 32.1 Å². The standard InChI is InChI=1S/C21H24N2O4/c1-5-26-17-9-7-6-8-15(17)19(24)22-14-10-11-18-16(12-14)23(4)20(25)21(2,3)13-27-18/h6-12H,5,13H2,1-4H3,(H,22,24). The maximum Gasteiger partial charge on any atom is 0.259 e. The molecule has 6 nitrogen and oxygen atoms in total. The fourth-order valence-electron chi connectivity index (χ4n) is 3.00. The number of hydrogen-bond donors (Lipinski definition) is 1. The Labute approximate surface area is 159 Å². The van der Waals surface area contributed by atoms with E-state index in [0.29, 0.717) is 41.7 Å². The van der Waals surface area contributed by atoms with Crippen molar-refractivity contribution in [1.82, 2.24) is 0 Å². The molecule has 1 aliphatic rings. The highest BCUT2D eigenvalue weighted by Gasteiger charge is 2.36. The third-order valence-electron chi connectivity index (χ3n) is 4.48. The van der Waals surface area contributed by atoms with E-state index in [4.69, 9.17) is 9.47 Å². The van der Waals surface area contributed by atoms with Crippen LogP contribution < -0.4 is 19.7 Å². The quantitative estimate of drug-likeness (QED) is 0.893. The van der Waals surface area contributed by atoms with Gasteiger partial charge in [-0.15, -0.1) is 0 Å². The number of nitrogens with zero attached hydrogens (tertiary/aromatic N) is 1. The summed E-state index contributed by atoms with van der Waals surface area (Å²) in [7, 11) is 1.72. The molecule has 2 aromatic carbocycles. The van der Waals surface area contributed by atoms with E-state index in [2.05, 4.69) is 5.32 Å². The number of anilines is 2. The van der Waals surface area contributed by atoms with Crippen LogP contribution in [-0.2, 0) is 4.79 Å². The number of rotatable bonds is 4. The van der Waals surface area contributed by atoms with Gasteiger partial charge in [0.25, 0.3) is 5.91 Å². The summed E-state index contributed by atoms with van der Waals surface area (Å²) < 4.78 is 11.3. The van der Waals surface area contributed by atoms with Gasteiger partial charge in [-0.1, -0.05) is 12.1 Å². The molecule has 0 unspecified atom stereocenters. The van der Waals surface area contributed by atoms with Gasteiger partial charge in [0.05, 0.1) is 23.3 Å². The first-order valence-electron chi connectivity index (χ1n) is 8.91. The van der Waals surface area contributed by atoms with Gasteiger partial charge in [-0.3, -0.25) is 9.59 Å². The fraction of sp³-hybridized carbons (Fsp3) is 0.333. The molecular weight excluding hydrogens is 344 g/mol. The SMILES string of the molecule is CCOc1ccccc1C(=O)Nc1ccc2c(c1)N(C)C(=O)C(C)(C)CO2. The zero-order valence-corrected chi connectivity index (χ0v) is 16.0. The van der Waals surface area contributed by atoms with Crippen molar-refractivity contribution in [3.05, 3.63) is 48.0 Å². The van der Waals surface area contributed by atoms with E-state index in [1.807, 2.05) is 26.8 Å². The summed E-state index contributed by atoms with van der Waals surface area (Å²) in [4.78, 5) is 26.9. The van der Waals surface area contributed by atoms with Crippen molar-refractivity contribution in [2.45, 2.75) is 20.8 Å². The van der Waals surface area contributed by atoms with Gasteiger partial charge < -0.3 is 19.7 Å². The lowest BCUT2D eigenvalue weighted by Crippen LogP contribution is -2.39. The summed E-state index contributed by atoms with van der Waals surface area (Å²) in [6, 6.07) is 12.4. The molecule has 1 N–H and O–H groups in total. The van der Waals surface area contributed by atoms with Crippen molar-refractivity contribution in [3.63, 3.8) is 0 Å². The molecule has 0 radical (unpaired) electrons. The van der Waals surface area contributed by atoms with E-state index in [0.717, 1.165) is 0 Å². The van der Waals surface area contributed by atoms with E-state index in [1.54, 1.807) is 48.3 Å². The van der Waals surface area contributed by atoms with Crippen LogP contribution in [0.2, 0.25) is 0 Å². The predicted octanol–water partition coefficient (Wildman–Crippen LogP) is 3.72. The summed E-state index contributed by atoms with van der Waals surface area (Å²) in [5.74, 6) is 0.836. The van der Waals surface area contributed by atoms with Gasteiger partial charge in [-0.25, -0.2) is 0 Å². The van der Waals surface area contributed by atoms with Gasteiger partial charge in [0, 0.05) is 12.7 Å². The first-order chi connectivity index (χ1) is 12.8. The number of nitrogens with one attached hydrogen (secondary N) is 1. The van der Waals surface area contributed by atoms with Crippen LogP contribution in [0, 0.1) is 5.41 Å². The molecule has 3 rings (SSSR count). The summed E-state index contributed by atoms with van der Waals surface area (Å²) in [5.41, 5.74) is 1.04. The van der Waals surface area contributed by atoms with Crippen LogP contribution in [0.5, 0.6) is 11.5 Å². The highest BCUT2D eigenvalue weighted by Crippen LogP contribution is 2.37. The lowest BCUT2D eigenvalue weighted by Gasteiger charge is -2.24. The molecule has 2 amide bonds. The van der Waals surface area contributed by atoms with Crippen LogP contribution in [0.15, 0.2) is 42.5 Å². The normalized spacial score (nSPS) is 15.4. The van der Waals surface area contributed by atoms with Crippen molar-refractivity contribution in [2.75, 3.05) is 30.5 Å². The topological polar surface area (TPSA) is 67.9 Å². The van der Waals surface area contributed by atoms with E-state index in [-0.39, 0.29) is 11.8 Å². The molecule has 0 saturated heterocycles. The number of amides is 2. The Morgan fingerprint density at radius 3 is 2.74 bits per heavy atom. The molecule has 6 heteroatoms. The summed E-state index contributed by atoms with van der Waals surface area (Å²) >= 11 is 0. The molecule has 0 aliphatic carbocycles. The van der Waals surface area contributed by atoms with Gasteiger partial charge in [-0.05, 0) is 51.1 Å². The van der Waals surface area contributed by atoms with Crippen molar-refractivity contribution in [2.24, 2.45) is 5.41 Å². The van der Waals surface area contributed by atoms with Gasteiger partial charge in [0.2, 0.25) is 5.91 Å². The minimum Gasteiger partial charge on any atom is -0.493 e. The molecule has 0 fully saturated rings. The molecule has 1 heterocycles. The number of hydrogen-bond acceptors (Lipinski definition) is 4. The number of benzene rings is 2. The zero-order chi connectivity index (χ0) is 19.6. The molecule has 27 heavy (non-hydrogen) atoms. The second kappa shape index (κ2) is 7.31. The molecule has 0 spiro atoms. The third kappa shape index (κ3) is 3.74. The van der Waals surface area contributed by atoms with Crippen LogP contribution in [0.1, 0.15) is 31.1 Å². The number of fused-ring (bicyclic) bond motifs is 1. The fourth-order valence-corrected chi connectivity index (χ4v) is 3.00. The molecule has 0 bridgehead atoms. The minimum atomic E-state index is -0.617. The second-order valence-corrected chi connectivity index (χ2v) is 7.10. The summed E-state index contributed by atoms with van der Waals surface area (Å²) in [6.45, 7) is 6.35. The predicted molar refractivity (Wildman–Crippen MR) is 105 cm³/mol. The Morgan fingerprint density at radius 1 is 1.26 bits per heavy atom. The number of carbonyl (C=O) groups excluding carboxylic acids is 2. The van der Waals surface area contributed by atoms with Crippen molar-refractivity contribution < 1.29 is 19.1 Å². The number of ether oxygens (including phenoxy) is 2. The maximum absolute atomic E-state index is 12.7. The highest BCUT2D eigenvalue weighted by molar-refractivity contribution is 6.07. The molecule has 0 aromatic heterocycles. The molecular formula is C21H24N2O4. The number of para-hydroxylation sites is 1. The maximum atomic E-state index is 12.7. The van der Waals surface area contributed by atoms with Crippen LogP contribution in [0.25, 0.3) is 0 Å². The molecule has 142 valence electrons. The van der Waals surface area contributed by atoms with E-state index < -0.39 is 5.41 Å². The lowest BCUT2D eigenvalue weighted by molar-refractivity contribution is -0.127. The Hall–Kier alpha value is -3.02. The Balaban J connectivity index is 1.87.